The van der Waals surface area contributed by atoms with Crippen LogP contribution < -0.4 is 16.2 Å². The number of primary amides is 1. The van der Waals surface area contributed by atoms with Crippen molar-refractivity contribution in [2.45, 2.75) is 5.03 Å². The Morgan fingerprint density at radius 2 is 2.04 bits per heavy atom. The monoisotopic (exact) mass is 339 g/mol. The lowest BCUT2D eigenvalue weighted by Gasteiger charge is -2.13. The number of pyridine rings is 1. The second-order valence-corrected chi connectivity index (χ2v) is 5.60. The molecule has 2 rings (SSSR count). The quantitative estimate of drug-likeness (QED) is 0.790. The van der Waals surface area contributed by atoms with Gasteiger partial charge in [0.25, 0.3) is 0 Å². The summed E-state index contributed by atoms with van der Waals surface area (Å²) in [7, 11) is 1.52. The first-order valence-electron chi connectivity index (χ1n) is 6.71. The predicted molar refractivity (Wildman–Crippen MR) is 90.0 cm³/mol. The molecular weight excluding hydrogens is 326 g/mol. The summed E-state index contributed by atoms with van der Waals surface area (Å²) >= 11 is 1.00. The number of methoxy groups -OCH3 is 1. The van der Waals surface area contributed by atoms with Crippen LogP contribution in [0.3, 0.4) is 0 Å². The summed E-state index contributed by atoms with van der Waals surface area (Å²) < 4.78 is 5.18. The van der Waals surface area contributed by atoms with Crippen LogP contribution in [0.15, 0.2) is 29.3 Å². The maximum absolute atomic E-state index is 11.0. The molecule has 8 heteroatoms. The molecular formula is C16H13N5O2S. The van der Waals surface area contributed by atoms with E-state index in [1.807, 2.05) is 12.1 Å². The lowest BCUT2D eigenvalue weighted by atomic mass is 9.97. The highest BCUT2D eigenvalue weighted by Gasteiger charge is 2.21. The number of thioether (sulfide) groups is 1. The van der Waals surface area contributed by atoms with Crippen LogP contribution in [0.1, 0.15) is 11.1 Å². The Balaban J connectivity index is 2.74. The molecule has 7 nitrogen and oxygen atoms in total. The number of hydrogen-bond acceptors (Lipinski definition) is 7. The molecule has 0 fully saturated rings. The van der Waals surface area contributed by atoms with Crippen molar-refractivity contribution in [3.8, 4) is 29.0 Å². The fourth-order valence-electron chi connectivity index (χ4n) is 2.11. The zero-order valence-corrected chi connectivity index (χ0v) is 13.6. The van der Waals surface area contributed by atoms with Crippen LogP contribution in [0.4, 0.5) is 5.82 Å². The SMILES string of the molecule is COc1cccc(-c2c(C#N)c(N)nc(SCC(N)=O)c2C#N)c1. The van der Waals surface area contributed by atoms with Gasteiger partial charge in [-0.15, -0.1) is 0 Å². The van der Waals surface area contributed by atoms with Gasteiger partial charge >= 0.3 is 0 Å². The van der Waals surface area contributed by atoms with E-state index in [0.717, 1.165) is 11.8 Å². The van der Waals surface area contributed by atoms with Gasteiger partial charge in [-0.25, -0.2) is 4.98 Å². The van der Waals surface area contributed by atoms with E-state index in [2.05, 4.69) is 4.98 Å². The first kappa shape index (κ1) is 17.1. The molecule has 1 aromatic carbocycles. The minimum Gasteiger partial charge on any atom is -0.497 e. The van der Waals surface area contributed by atoms with E-state index in [9.17, 15) is 15.3 Å². The van der Waals surface area contributed by atoms with Gasteiger partial charge in [-0.3, -0.25) is 4.79 Å². The molecule has 0 radical (unpaired) electrons. The molecule has 2 aromatic rings. The van der Waals surface area contributed by atoms with Crippen molar-refractivity contribution in [3.63, 3.8) is 0 Å². The van der Waals surface area contributed by atoms with Gasteiger partial charge in [-0.2, -0.15) is 10.5 Å². The molecule has 0 atom stereocenters. The number of nitrogens with two attached hydrogens (primary N) is 2. The molecule has 1 amide bonds. The first-order chi connectivity index (χ1) is 11.5. The van der Waals surface area contributed by atoms with Gasteiger partial charge in [0.15, 0.2) is 0 Å². The highest BCUT2D eigenvalue weighted by molar-refractivity contribution is 8.00. The summed E-state index contributed by atoms with van der Waals surface area (Å²) in [6, 6.07) is 10.9. The number of nitrogen functional groups attached to an aromatic ring is 1. The third kappa shape index (κ3) is 3.40. The average molecular weight is 339 g/mol. The van der Waals surface area contributed by atoms with Crippen molar-refractivity contribution in [3.05, 3.63) is 35.4 Å². The Morgan fingerprint density at radius 1 is 1.33 bits per heavy atom. The van der Waals surface area contributed by atoms with Crippen molar-refractivity contribution < 1.29 is 9.53 Å². The average Bonchev–Trinajstić information content (AvgIpc) is 2.59. The third-order valence-corrected chi connectivity index (χ3v) is 4.12. The molecule has 120 valence electrons. The van der Waals surface area contributed by atoms with E-state index in [1.54, 1.807) is 24.3 Å². The number of aromatic nitrogens is 1. The van der Waals surface area contributed by atoms with E-state index in [4.69, 9.17) is 16.2 Å². The van der Waals surface area contributed by atoms with Crippen molar-refractivity contribution in [1.82, 2.24) is 4.98 Å². The Hall–Kier alpha value is -3.23. The van der Waals surface area contributed by atoms with E-state index in [-0.39, 0.29) is 27.7 Å². The number of amides is 1. The molecule has 1 heterocycles. The summed E-state index contributed by atoms with van der Waals surface area (Å²) in [5.74, 6) is -0.0373. The highest BCUT2D eigenvalue weighted by Crippen LogP contribution is 2.36. The molecule has 0 saturated carbocycles. The second-order valence-electron chi connectivity index (χ2n) is 4.64. The normalized spacial score (nSPS) is 9.79. The van der Waals surface area contributed by atoms with Gasteiger partial charge in [0.05, 0.1) is 18.4 Å². The number of carbonyl (C=O) groups excluding carboxylic acids is 1. The van der Waals surface area contributed by atoms with Crippen LogP contribution in [-0.2, 0) is 4.79 Å². The van der Waals surface area contributed by atoms with Gasteiger partial charge in [-0.1, -0.05) is 23.9 Å². The summed E-state index contributed by atoms with van der Waals surface area (Å²) in [5.41, 5.74) is 12.2. The second kappa shape index (κ2) is 7.36. The lowest BCUT2D eigenvalue weighted by Crippen LogP contribution is -2.14. The first-order valence-corrected chi connectivity index (χ1v) is 7.69. The molecule has 0 aliphatic rings. The number of nitriles is 2. The van der Waals surface area contributed by atoms with E-state index >= 15 is 0 Å². The van der Waals surface area contributed by atoms with Crippen LogP contribution in [0, 0.1) is 22.7 Å². The molecule has 0 aliphatic heterocycles. The van der Waals surface area contributed by atoms with E-state index in [0.29, 0.717) is 16.9 Å². The Bertz CT molecular complexity index is 883. The van der Waals surface area contributed by atoms with Crippen molar-refractivity contribution in [2.75, 3.05) is 18.6 Å². The largest absolute Gasteiger partial charge is 0.497 e. The van der Waals surface area contributed by atoms with Crippen LogP contribution in [-0.4, -0.2) is 23.8 Å². The molecule has 0 unspecified atom stereocenters. The number of nitrogens with zero attached hydrogens (tertiary/aromatic N) is 3. The van der Waals surface area contributed by atoms with Gasteiger partial charge < -0.3 is 16.2 Å². The van der Waals surface area contributed by atoms with Gasteiger partial charge in [0, 0.05) is 5.56 Å². The Morgan fingerprint density at radius 3 is 2.62 bits per heavy atom. The maximum atomic E-state index is 11.0. The smallest absolute Gasteiger partial charge is 0.227 e. The fourth-order valence-corrected chi connectivity index (χ4v) is 2.84. The molecule has 0 aliphatic carbocycles. The zero-order valence-electron chi connectivity index (χ0n) is 12.7. The molecule has 4 N–H and O–H groups in total. The van der Waals surface area contributed by atoms with Crippen molar-refractivity contribution >= 4 is 23.5 Å². The number of hydrogen-bond donors (Lipinski definition) is 2. The molecule has 0 saturated heterocycles. The molecule has 0 bridgehead atoms. The highest BCUT2D eigenvalue weighted by atomic mass is 32.2. The Kier molecular flexibility index (Phi) is 5.25. The molecule has 0 spiro atoms. The lowest BCUT2D eigenvalue weighted by molar-refractivity contribution is -0.115. The zero-order chi connectivity index (χ0) is 17.7. The van der Waals surface area contributed by atoms with Gasteiger partial charge in [-0.05, 0) is 17.7 Å². The predicted octanol–water partition coefficient (Wildman–Crippen LogP) is 1.66. The summed E-state index contributed by atoms with van der Waals surface area (Å²) in [6.07, 6.45) is 0. The molecule has 24 heavy (non-hydrogen) atoms. The number of ether oxygens (including phenoxy) is 1. The maximum Gasteiger partial charge on any atom is 0.227 e. The summed E-state index contributed by atoms with van der Waals surface area (Å²) in [5, 5.41) is 19.2. The van der Waals surface area contributed by atoms with Crippen LogP contribution >= 0.6 is 11.8 Å². The summed E-state index contributed by atoms with van der Waals surface area (Å²) in [6.45, 7) is 0. The fraction of sp³-hybridized carbons (Fsp3) is 0.125. The van der Waals surface area contributed by atoms with Gasteiger partial charge in [0.2, 0.25) is 5.91 Å². The topological polar surface area (TPSA) is 139 Å². The number of benzene rings is 1. The standard InChI is InChI=1S/C16H13N5O2S/c1-23-10-4-2-3-9(5-10)14-11(6-17)15(20)21-16(12(14)7-18)24-8-13(19)22/h2-5H,8H2,1H3,(H2,19,22)(H2,20,21). The Labute approximate surface area is 142 Å². The minimum absolute atomic E-state index is 0.0127. The number of carbonyl (C=O) groups is 1. The van der Waals surface area contributed by atoms with Crippen LogP contribution in [0.5, 0.6) is 5.75 Å². The summed E-state index contributed by atoms with van der Waals surface area (Å²) in [4.78, 5) is 15.1. The number of anilines is 1. The van der Waals surface area contributed by atoms with Gasteiger partial charge in [0.1, 0.15) is 34.3 Å². The van der Waals surface area contributed by atoms with Crippen molar-refractivity contribution in [2.24, 2.45) is 5.73 Å². The molecule has 1 aromatic heterocycles. The third-order valence-electron chi connectivity index (χ3n) is 3.13. The van der Waals surface area contributed by atoms with E-state index < -0.39 is 5.91 Å². The van der Waals surface area contributed by atoms with Crippen LogP contribution in [0.2, 0.25) is 0 Å². The van der Waals surface area contributed by atoms with Crippen LogP contribution in [0.25, 0.3) is 11.1 Å². The number of rotatable bonds is 5. The minimum atomic E-state index is -0.545. The van der Waals surface area contributed by atoms with Crippen molar-refractivity contribution in [1.29, 1.82) is 10.5 Å². The van der Waals surface area contributed by atoms with E-state index in [1.165, 1.54) is 7.11 Å².